The zero-order valence-corrected chi connectivity index (χ0v) is 16.9. The molecule has 0 atom stereocenters. The molecule has 1 aliphatic rings. The van der Waals surface area contributed by atoms with Crippen LogP contribution in [0, 0.1) is 0 Å². The minimum Gasteiger partial charge on any atom is -0.363 e. The Hall–Kier alpha value is -4.00. The second kappa shape index (κ2) is 7.36. The zero-order chi connectivity index (χ0) is 20.6. The summed E-state index contributed by atoms with van der Waals surface area (Å²) in [5.41, 5.74) is 4.90. The Kier molecular flexibility index (Phi) is 4.23. The number of fused-ring (bicyclic) bond motifs is 1. The van der Waals surface area contributed by atoms with Crippen LogP contribution < -0.4 is 5.32 Å². The quantitative estimate of drug-likeness (QED) is 0.450. The van der Waals surface area contributed by atoms with E-state index in [0.717, 1.165) is 39.8 Å². The van der Waals surface area contributed by atoms with E-state index in [2.05, 4.69) is 55.4 Å². The van der Waals surface area contributed by atoms with Gasteiger partial charge < -0.3 is 5.32 Å². The summed E-state index contributed by atoms with van der Waals surface area (Å²) in [5.74, 6) is 2.29. The second-order valence-electron chi connectivity index (χ2n) is 7.80. The lowest BCUT2D eigenvalue weighted by molar-refractivity contribution is 0.883. The van der Waals surface area contributed by atoms with Crippen molar-refractivity contribution in [3.63, 3.8) is 0 Å². The van der Waals surface area contributed by atoms with Gasteiger partial charge in [0.25, 0.3) is 0 Å². The summed E-state index contributed by atoms with van der Waals surface area (Å²) >= 11 is 0. The molecule has 0 saturated heterocycles. The van der Waals surface area contributed by atoms with Crippen molar-refractivity contribution in [2.24, 2.45) is 0 Å². The van der Waals surface area contributed by atoms with Gasteiger partial charge in [0.15, 0.2) is 5.82 Å². The highest BCUT2D eigenvalue weighted by Crippen LogP contribution is 2.39. The Labute approximate surface area is 179 Å². The van der Waals surface area contributed by atoms with Gasteiger partial charge in [-0.3, -0.25) is 4.40 Å². The minimum atomic E-state index is 0.527. The maximum Gasteiger partial charge on any atom is 0.203 e. The SMILES string of the molecule is c1ccc(-c2nn(-c3ccccc3)cc2CNc2nccn3c(C4CC4)nnc23)cc1. The monoisotopic (exact) mass is 407 g/mol. The largest absolute Gasteiger partial charge is 0.363 e. The summed E-state index contributed by atoms with van der Waals surface area (Å²) in [4.78, 5) is 4.52. The van der Waals surface area contributed by atoms with Crippen LogP contribution in [0.5, 0.6) is 0 Å². The fourth-order valence-corrected chi connectivity index (χ4v) is 3.86. The number of nitrogens with one attached hydrogen (secondary N) is 1. The number of hydrogen-bond donors (Lipinski definition) is 1. The lowest BCUT2D eigenvalue weighted by Gasteiger charge is -2.07. The Morgan fingerprint density at radius 2 is 1.71 bits per heavy atom. The highest BCUT2D eigenvalue weighted by Gasteiger charge is 2.29. The van der Waals surface area contributed by atoms with Crippen molar-refractivity contribution in [3.05, 3.63) is 90.6 Å². The first-order valence-corrected chi connectivity index (χ1v) is 10.5. The van der Waals surface area contributed by atoms with Crippen LogP contribution in [-0.2, 0) is 6.54 Å². The number of anilines is 1. The van der Waals surface area contributed by atoms with E-state index in [1.54, 1.807) is 6.20 Å². The van der Waals surface area contributed by atoms with Crippen molar-refractivity contribution in [2.45, 2.75) is 25.3 Å². The standard InChI is InChI=1S/C24H21N7/c1-3-7-17(8-4-1)21-19(16-31(29-21)20-9-5-2-6-10-20)15-26-22-24-28-27-23(18-11-12-18)30(24)14-13-25-22/h1-10,13-14,16,18H,11-12,15H2,(H,25,26). The molecule has 3 aromatic heterocycles. The Morgan fingerprint density at radius 1 is 0.935 bits per heavy atom. The Morgan fingerprint density at radius 3 is 2.48 bits per heavy atom. The molecule has 1 aliphatic carbocycles. The summed E-state index contributed by atoms with van der Waals surface area (Å²) in [6, 6.07) is 20.4. The van der Waals surface area contributed by atoms with Crippen molar-refractivity contribution in [2.75, 3.05) is 5.32 Å². The normalized spacial score (nSPS) is 13.5. The first-order valence-electron chi connectivity index (χ1n) is 10.5. The number of para-hydroxylation sites is 1. The van der Waals surface area contributed by atoms with Crippen LogP contribution in [0.15, 0.2) is 79.3 Å². The molecule has 7 nitrogen and oxygen atoms in total. The third-order valence-corrected chi connectivity index (χ3v) is 5.60. The van der Waals surface area contributed by atoms with Gasteiger partial charge in [0.2, 0.25) is 5.65 Å². The Bertz CT molecular complexity index is 1330. The van der Waals surface area contributed by atoms with E-state index < -0.39 is 0 Å². The molecule has 0 radical (unpaired) electrons. The summed E-state index contributed by atoms with van der Waals surface area (Å²) in [5, 5.41) is 17.1. The van der Waals surface area contributed by atoms with Crippen molar-refractivity contribution in [1.29, 1.82) is 0 Å². The average molecular weight is 407 g/mol. The summed E-state index contributed by atoms with van der Waals surface area (Å²) in [6.07, 6.45) is 8.19. The van der Waals surface area contributed by atoms with Gasteiger partial charge in [-0.25, -0.2) is 9.67 Å². The summed E-state index contributed by atoms with van der Waals surface area (Å²) in [6.45, 7) is 0.579. The van der Waals surface area contributed by atoms with E-state index in [1.165, 1.54) is 12.8 Å². The first kappa shape index (κ1) is 17.8. The third-order valence-electron chi connectivity index (χ3n) is 5.60. The smallest absolute Gasteiger partial charge is 0.203 e. The van der Waals surface area contributed by atoms with E-state index >= 15 is 0 Å². The van der Waals surface area contributed by atoms with Gasteiger partial charge >= 0.3 is 0 Å². The van der Waals surface area contributed by atoms with Crippen molar-refractivity contribution >= 4 is 11.5 Å². The summed E-state index contributed by atoms with van der Waals surface area (Å²) in [7, 11) is 0. The van der Waals surface area contributed by atoms with Crippen LogP contribution in [0.4, 0.5) is 5.82 Å². The van der Waals surface area contributed by atoms with Crippen molar-refractivity contribution in [3.8, 4) is 16.9 Å². The topological polar surface area (TPSA) is 72.9 Å². The highest BCUT2D eigenvalue weighted by molar-refractivity contribution is 5.66. The predicted molar refractivity (Wildman–Crippen MR) is 119 cm³/mol. The van der Waals surface area contributed by atoms with Gasteiger partial charge in [0.05, 0.1) is 11.4 Å². The maximum atomic E-state index is 4.88. The van der Waals surface area contributed by atoms with Crippen LogP contribution in [0.1, 0.15) is 30.1 Å². The molecule has 5 aromatic rings. The van der Waals surface area contributed by atoms with Gasteiger partial charge in [0.1, 0.15) is 5.82 Å². The molecule has 1 N–H and O–H groups in total. The van der Waals surface area contributed by atoms with Gasteiger partial charge in [-0.15, -0.1) is 10.2 Å². The Balaban J connectivity index is 1.35. The molecule has 0 bridgehead atoms. The number of nitrogens with zero attached hydrogens (tertiary/aromatic N) is 6. The lowest BCUT2D eigenvalue weighted by Crippen LogP contribution is -2.04. The fraction of sp³-hybridized carbons (Fsp3) is 0.167. The molecule has 0 amide bonds. The van der Waals surface area contributed by atoms with Crippen molar-refractivity contribution < 1.29 is 0 Å². The number of aromatic nitrogens is 6. The van der Waals surface area contributed by atoms with E-state index in [9.17, 15) is 0 Å². The maximum absolute atomic E-state index is 4.88. The number of rotatable bonds is 6. The number of benzene rings is 2. The molecule has 0 unspecified atom stereocenters. The molecule has 31 heavy (non-hydrogen) atoms. The molecule has 0 aliphatic heterocycles. The van der Waals surface area contributed by atoms with Crippen molar-refractivity contribution in [1.82, 2.24) is 29.4 Å². The fourth-order valence-electron chi connectivity index (χ4n) is 3.86. The summed E-state index contributed by atoms with van der Waals surface area (Å²) < 4.78 is 3.98. The third kappa shape index (κ3) is 3.34. The van der Waals surface area contributed by atoms with Gasteiger partial charge in [-0.2, -0.15) is 5.10 Å². The number of hydrogen-bond acceptors (Lipinski definition) is 5. The second-order valence-corrected chi connectivity index (χ2v) is 7.80. The van der Waals surface area contributed by atoms with Crippen LogP contribution in [0.25, 0.3) is 22.6 Å². The molecule has 3 heterocycles. The molecule has 0 spiro atoms. The van der Waals surface area contributed by atoms with Crippen LogP contribution in [0.2, 0.25) is 0 Å². The first-order chi connectivity index (χ1) is 15.4. The molecule has 152 valence electrons. The lowest BCUT2D eigenvalue weighted by atomic mass is 10.1. The van der Waals surface area contributed by atoms with E-state index in [-0.39, 0.29) is 0 Å². The van der Waals surface area contributed by atoms with Gasteiger partial charge in [-0.05, 0) is 25.0 Å². The zero-order valence-electron chi connectivity index (χ0n) is 16.9. The van der Waals surface area contributed by atoms with Gasteiger partial charge in [-0.1, -0.05) is 48.5 Å². The predicted octanol–water partition coefficient (Wildman–Crippen LogP) is 4.47. The molecule has 6 rings (SSSR count). The molecule has 1 saturated carbocycles. The van der Waals surface area contributed by atoms with Crippen LogP contribution >= 0.6 is 0 Å². The molecule has 7 heteroatoms. The van der Waals surface area contributed by atoms with E-state index in [4.69, 9.17) is 5.10 Å². The molecule has 2 aromatic carbocycles. The van der Waals surface area contributed by atoms with Gasteiger partial charge in [0, 0.05) is 42.2 Å². The molecule has 1 fully saturated rings. The van der Waals surface area contributed by atoms with E-state index in [0.29, 0.717) is 12.5 Å². The van der Waals surface area contributed by atoms with Crippen LogP contribution in [0.3, 0.4) is 0 Å². The van der Waals surface area contributed by atoms with E-state index in [1.807, 2.05) is 47.3 Å². The molecular formula is C24H21N7. The van der Waals surface area contributed by atoms with Crippen LogP contribution in [-0.4, -0.2) is 29.4 Å². The minimum absolute atomic E-state index is 0.527. The molecular weight excluding hydrogens is 386 g/mol. The highest BCUT2D eigenvalue weighted by atomic mass is 15.3. The average Bonchev–Trinajstić information content (AvgIpc) is 3.43.